The number of carbonyl (C=O) groups is 1. The topological polar surface area (TPSA) is 58.4 Å². The maximum atomic E-state index is 11.8. The fourth-order valence-corrected chi connectivity index (χ4v) is 2.17. The average Bonchev–Trinajstić information content (AvgIpc) is 2.40. The Bertz CT molecular complexity index is 381. The van der Waals surface area contributed by atoms with Crippen molar-refractivity contribution in [1.82, 2.24) is 10.2 Å². The van der Waals surface area contributed by atoms with E-state index in [9.17, 15) is 4.79 Å². The van der Waals surface area contributed by atoms with E-state index in [1.165, 1.54) is 0 Å². The van der Waals surface area contributed by atoms with E-state index >= 15 is 0 Å². The van der Waals surface area contributed by atoms with Crippen LogP contribution in [0.3, 0.4) is 0 Å². The molecule has 1 heterocycles. The van der Waals surface area contributed by atoms with Crippen LogP contribution < -0.4 is 11.1 Å². The number of amides is 1. The quantitative estimate of drug-likeness (QED) is 0.885. The first-order valence-corrected chi connectivity index (χ1v) is 6.52. The summed E-state index contributed by atoms with van der Waals surface area (Å²) in [6.45, 7) is 2.95. The van der Waals surface area contributed by atoms with E-state index in [1.54, 1.807) is 0 Å². The molecule has 0 radical (unpaired) electrons. The van der Waals surface area contributed by atoms with E-state index < -0.39 is 0 Å². The molecule has 0 atom stereocenters. The summed E-state index contributed by atoms with van der Waals surface area (Å²) >= 11 is 0. The lowest BCUT2D eigenvalue weighted by atomic mass is 10.1. The van der Waals surface area contributed by atoms with E-state index in [2.05, 4.69) is 10.2 Å². The first kappa shape index (κ1) is 19.2. The van der Waals surface area contributed by atoms with Crippen molar-refractivity contribution in [3.8, 4) is 0 Å². The van der Waals surface area contributed by atoms with Gasteiger partial charge in [-0.25, -0.2) is 0 Å². The molecule has 1 amide bonds. The van der Waals surface area contributed by atoms with Crippen LogP contribution in [0.4, 0.5) is 0 Å². The highest BCUT2D eigenvalue weighted by molar-refractivity contribution is 5.85. The van der Waals surface area contributed by atoms with Gasteiger partial charge in [-0.3, -0.25) is 9.69 Å². The Labute approximate surface area is 132 Å². The number of benzene rings is 1. The summed E-state index contributed by atoms with van der Waals surface area (Å²) in [4.78, 5) is 14.0. The highest BCUT2D eigenvalue weighted by Gasteiger charge is 2.17. The van der Waals surface area contributed by atoms with Crippen molar-refractivity contribution >= 4 is 30.7 Å². The van der Waals surface area contributed by atoms with Crippen molar-refractivity contribution in [2.24, 2.45) is 5.73 Å². The first-order chi connectivity index (χ1) is 8.74. The van der Waals surface area contributed by atoms with Crippen molar-refractivity contribution in [3.63, 3.8) is 0 Å². The van der Waals surface area contributed by atoms with E-state index in [4.69, 9.17) is 5.73 Å². The maximum Gasteiger partial charge on any atom is 0.234 e. The standard InChI is InChI=1S/C14H21N3O.2ClH/c15-13-6-8-17(9-7-13)11-14(18)16-10-12-4-2-1-3-5-12;;/h1-5,13H,6-11,15H2,(H,16,18);2*1H. The molecule has 1 fully saturated rings. The van der Waals surface area contributed by atoms with Gasteiger partial charge in [-0.15, -0.1) is 24.8 Å². The lowest BCUT2D eigenvalue weighted by Gasteiger charge is -2.29. The third-order valence-corrected chi connectivity index (χ3v) is 3.33. The molecule has 0 aromatic heterocycles. The molecule has 0 spiro atoms. The zero-order valence-corrected chi connectivity index (χ0v) is 13.1. The average molecular weight is 320 g/mol. The maximum absolute atomic E-state index is 11.8. The summed E-state index contributed by atoms with van der Waals surface area (Å²) in [5.41, 5.74) is 6.97. The van der Waals surface area contributed by atoms with Gasteiger partial charge in [0.25, 0.3) is 0 Å². The summed E-state index contributed by atoms with van der Waals surface area (Å²) < 4.78 is 0. The van der Waals surface area contributed by atoms with Crippen LogP contribution in [0.25, 0.3) is 0 Å². The van der Waals surface area contributed by atoms with Gasteiger partial charge in [0, 0.05) is 25.7 Å². The van der Waals surface area contributed by atoms with Crippen LogP contribution in [0, 0.1) is 0 Å². The number of hydrogen-bond donors (Lipinski definition) is 2. The molecule has 0 aliphatic carbocycles. The van der Waals surface area contributed by atoms with E-state index in [0.717, 1.165) is 31.5 Å². The Morgan fingerprint density at radius 3 is 2.40 bits per heavy atom. The van der Waals surface area contributed by atoms with Crippen LogP contribution in [-0.2, 0) is 11.3 Å². The van der Waals surface area contributed by atoms with Crippen molar-refractivity contribution < 1.29 is 4.79 Å². The minimum atomic E-state index is 0. The van der Waals surface area contributed by atoms with Crippen LogP contribution in [0.1, 0.15) is 18.4 Å². The fraction of sp³-hybridized carbons (Fsp3) is 0.500. The predicted molar refractivity (Wildman–Crippen MR) is 86.4 cm³/mol. The summed E-state index contributed by atoms with van der Waals surface area (Å²) in [5, 5.41) is 2.95. The number of carbonyl (C=O) groups excluding carboxylic acids is 1. The summed E-state index contributed by atoms with van der Waals surface area (Å²) in [5.74, 6) is 0.0920. The highest BCUT2D eigenvalue weighted by Crippen LogP contribution is 2.07. The zero-order valence-electron chi connectivity index (χ0n) is 11.5. The van der Waals surface area contributed by atoms with Crippen LogP contribution in [0.5, 0.6) is 0 Å². The summed E-state index contributed by atoms with van der Waals surface area (Å²) in [6.07, 6.45) is 1.98. The molecule has 0 saturated carbocycles. The number of halogens is 2. The minimum Gasteiger partial charge on any atom is -0.351 e. The normalized spacial score (nSPS) is 15.8. The van der Waals surface area contributed by atoms with Crippen molar-refractivity contribution in [3.05, 3.63) is 35.9 Å². The van der Waals surface area contributed by atoms with Crippen molar-refractivity contribution in [2.45, 2.75) is 25.4 Å². The number of nitrogens with two attached hydrogens (primary N) is 1. The largest absolute Gasteiger partial charge is 0.351 e. The molecule has 20 heavy (non-hydrogen) atoms. The molecular weight excluding hydrogens is 297 g/mol. The number of piperidine rings is 1. The van der Waals surface area contributed by atoms with Gasteiger partial charge in [0.1, 0.15) is 0 Å². The Hall–Kier alpha value is -0.810. The van der Waals surface area contributed by atoms with Gasteiger partial charge in [0.2, 0.25) is 5.91 Å². The fourth-order valence-electron chi connectivity index (χ4n) is 2.17. The monoisotopic (exact) mass is 319 g/mol. The predicted octanol–water partition coefficient (Wildman–Crippen LogP) is 1.57. The second-order valence-corrected chi connectivity index (χ2v) is 4.88. The molecule has 1 aliphatic rings. The number of likely N-dealkylation sites (tertiary alicyclic amines) is 1. The molecule has 3 N–H and O–H groups in total. The number of nitrogens with zero attached hydrogens (tertiary/aromatic N) is 1. The van der Waals surface area contributed by atoms with Gasteiger partial charge in [0.05, 0.1) is 6.54 Å². The zero-order chi connectivity index (χ0) is 12.8. The number of rotatable bonds is 4. The molecule has 4 nitrogen and oxygen atoms in total. The van der Waals surface area contributed by atoms with E-state index in [0.29, 0.717) is 19.1 Å². The van der Waals surface area contributed by atoms with Gasteiger partial charge < -0.3 is 11.1 Å². The molecule has 1 aliphatic heterocycles. The van der Waals surface area contributed by atoms with Gasteiger partial charge in [-0.05, 0) is 18.4 Å². The first-order valence-electron chi connectivity index (χ1n) is 6.52. The lowest BCUT2D eigenvalue weighted by molar-refractivity contribution is -0.122. The number of nitrogens with one attached hydrogen (secondary N) is 1. The molecule has 114 valence electrons. The second-order valence-electron chi connectivity index (χ2n) is 4.88. The molecule has 1 aromatic carbocycles. The Kier molecular flexibility index (Phi) is 9.59. The van der Waals surface area contributed by atoms with Gasteiger partial charge >= 0.3 is 0 Å². The molecule has 6 heteroatoms. The molecule has 1 saturated heterocycles. The molecule has 0 unspecified atom stereocenters. The van der Waals surface area contributed by atoms with Crippen LogP contribution in [-0.4, -0.2) is 36.5 Å². The second kappa shape index (κ2) is 10.00. The molecular formula is C14H23Cl2N3O. The summed E-state index contributed by atoms with van der Waals surface area (Å²) in [7, 11) is 0. The molecule has 1 aromatic rings. The third kappa shape index (κ3) is 6.57. The van der Waals surface area contributed by atoms with Crippen LogP contribution >= 0.6 is 24.8 Å². The van der Waals surface area contributed by atoms with Crippen molar-refractivity contribution in [2.75, 3.05) is 19.6 Å². The van der Waals surface area contributed by atoms with Gasteiger partial charge in [-0.2, -0.15) is 0 Å². The molecule has 2 rings (SSSR count). The van der Waals surface area contributed by atoms with Gasteiger partial charge in [0.15, 0.2) is 0 Å². The SMILES string of the molecule is Cl.Cl.NC1CCN(CC(=O)NCc2ccccc2)CC1. The van der Waals surface area contributed by atoms with E-state index in [-0.39, 0.29) is 30.7 Å². The smallest absolute Gasteiger partial charge is 0.234 e. The minimum absolute atomic E-state index is 0. The lowest BCUT2D eigenvalue weighted by Crippen LogP contribution is -2.44. The van der Waals surface area contributed by atoms with Crippen LogP contribution in [0.15, 0.2) is 30.3 Å². The van der Waals surface area contributed by atoms with E-state index in [1.807, 2.05) is 30.3 Å². The van der Waals surface area contributed by atoms with Crippen LogP contribution in [0.2, 0.25) is 0 Å². The Morgan fingerprint density at radius 1 is 1.20 bits per heavy atom. The Morgan fingerprint density at radius 2 is 1.80 bits per heavy atom. The highest BCUT2D eigenvalue weighted by atomic mass is 35.5. The third-order valence-electron chi connectivity index (χ3n) is 3.33. The van der Waals surface area contributed by atoms with Gasteiger partial charge in [-0.1, -0.05) is 30.3 Å². The van der Waals surface area contributed by atoms with Crippen molar-refractivity contribution in [1.29, 1.82) is 0 Å². The Balaban J connectivity index is 0.00000180. The summed E-state index contributed by atoms with van der Waals surface area (Å²) in [6, 6.07) is 10.3. The molecule has 0 bridgehead atoms. The number of hydrogen-bond acceptors (Lipinski definition) is 3.